The molecule has 154 valence electrons. The van der Waals surface area contributed by atoms with Crippen LogP contribution < -0.4 is 10.6 Å². The summed E-state index contributed by atoms with van der Waals surface area (Å²) in [7, 11) is 0. The van der Waals surface area contributed by atoms with Crippen molar-refractivity contribution in [3.63, 3.8) is 0 Å². The normalized spacial score (nSPS) is 15.9. The molecule has 30 heavy (non-hydrogen) atoms. The number of benzene rings is 2. The maximum atomic E-state index is 12.8. The molecule has 0 aliphatic carbocycles. The molecular weight excluding hydrogens is 378 g/mol. The summed E-state index contributed by atoms with van der Waals surface area (Å²) in [5.41, 5.74) is 3.39. The number of aromatic nitrogens is 2. The van der Waals surface area contributed by atoms with Gasteiger partial charge in [0, 0.05) is 48.4 Å². The van der Waals surface area contributed by atoms with E-state index >= 15 is 0 Å². The Labute approximate surface area is 175 Å². The van der Waals surface area contributed by atoms with Gasteiger partial charge in [0.2, 0.25) is 11.9 Å². The highest BCUT2D eigenvalue weighted by Gasteiger charge is 2.27. The topological polar surface area (TPSA) is 87.2 Å². The molecule has 1 aliphatic rings. The number of nitrogens with one attached hydrogen (secondary N) is 2. The molecule has 0 bridgehead atoms. The highest BCUT2D eigenvalue weighted by molar-refractivity contribution is 5.96. The summed E-state index contributed by atoms with van der Waals surface area (Å²) in [5.74, 6) is 0.526. The second-order valence-electron chi connectivity index (χ2n) is 7.62. The van der Waals surface area contributed by atoms with Crippen LogP contribution in [0.4, 0.5) is 11.6 Å². The van der Waals surface area contributed by atoms with E-state index in [0.29, 0.717) is 36.7 Å². The van der Waals surface area contributed by atoms with Gasteiger partial charge in [0.25, 0.3) is 5.91 Å². The van der Waals surface area contributed by atoms with Crippen molar-refractivity contribution < 1.29 is 9.59 Å². The lowest BCUT2D eigenvalue weighted by Gasteiger charge is -2.17. The number of hydrogen-bond acceptors (Lipinski definition) is 5. The number of nitrogens with zero attached hydrogens (tertiary/aromatic N) is 3. The van der Waals surface area contributed by atoms with Crippen molar-refractivity contribution in [2.75, 3.05) is 23.7 Å². The number of aryl methyl sites for hydroxylation is 1. The summed E-state index contributed by atoms with van der Waals surface area (Å²) >= 11 is 0. The molecule has 7 nitrogen and oxygen atoms in total. The Morgan fingerprint density at radius 1 is 1.17 bits per heavy atom. The maximum absolute atomic E-state index is 12.8. The van der Waals surface area contributed by atoms with Crippen molar-refractivity contribution in [1.29, 1.82) is 0 Å². The fraction of sp³-hybridized carbons (Fsp3) is 0.304. The van der Waals surface area contributed by atoms with Crippen LogP contribution >= 0.6 is 0 Å². The van der Waals surface area contributed by atoms with Crippen molar-refractivity contribution >= 4 is 34.4 Å². The minimum atomic E-state index is -0.0476. The van der Waals surface area contributed by atoms with Crippen LogP contribution in [0, 0.1) is 6.92 Å². The quantitative estimate of drug-likeness (QED) is 0.680. The molecule has 2 amide bonds. The highest BCUT2D eigenvalue weighted by Crippen LogP contribution is 2.19. The molecule has 2 N–H and O–H groups in total. The average molecular weight is 403 g/mol. The number of carbonyl (C=O) groups is 2. The van der Waals surface area contributed by atoms with Crippen LogP contribution in [-0.4, -0.2) is 45.8 Å². The molecular formula is C23H25N5O2. The van der Waals surface area contributed by atoms with Crippen LogP contribution in [0.15, 0.2) is 48.7 Å². The monoisotopic (exact) mass is 403 g/mol. The lowest BCUT2D eigenvalue weighted by Crippen LogP contribution is -2.31. The molecule has 3 aromatic rings. The molecule has 1 saturated heterocycles. The highest BCUT2D eigenvalue weighted by atomic mass is 16.2. The largest absolute Gasteiger partial charge is 0.350 e. The van der Waals surface area contributed by atoms with Crippen LogP contribution in [-0.2, 0) is 4.79 Å². The molecule has 1 aliphatic heterocycles. The fourth-order valence-electron chi connectivity index (χ4n) is 3.60. The van der Waals surface area contributed by atoms with Crippen molar-refractivity contribution in [2.45, 2.75) is 32.7 Å². The van der Waals surface area contributed by atoms with Gasteiger partial charge >= 0.3 is 0 Å². The van der Waals surface area contributed by atoms with E-state index in [1.54, 1.807) is 31.2 Å². The Balaban J connectivity index is 1.37. The molecule has 0 spiro atoms. The van der Waals surface area contributed by atoms with Gasteiger partial charge in [0.15, 0.2) is 0 Å². The first-order valence-corrected chi connectivity index (χ1v) is 10.2. The SMILES string of the molecule is CCC(=O)Nc1ccc(C(=O)N2CCC(Nc3ncc4cc(C)ccc4n3)C2)cc1. The standard InChI is InChI=1S/C23H25N5O2/c1-3-21(29)25-18-7-5-16(6-8-18)22(30)28-11-10-19(14-28)26-23-24-13-17-12-15(2)4-9-20(17)27-23/h4-9,12-13,19H,3,10-11,14H2,1-2H3,(H,25,29)(H,24,26,27). The summed E-state index contributed by atoms with van der Waals surface area (Å²) < 4.78 is 0. The molecule has 1 aromatic heterocycles. The van der Waals surface area contributed by atoms with Crippen LogP contribution in [0.25, 0.3) is 10.9 Å². The Morgan fingerprint density at radius 3 is 2.73 bits per heavy atom. The number of carbonyl (C=O) groups excluding carboxylic acids is 2. The minimum Gasteiger partial charge on any atom is -0.350 e. The lowest BCUT2D eigenvalue weighted by atomic mass is 10.2. The van der Waals surface area contributed by atoms with E-state index < -0.39 is 0 Å². The lowest BCUT2D eigenvalue weighted by molar-refractivity contribution is -0.115. The number of likely N-dealkylation sites (tertiary alicyclic amines) is 1. The summed E-state index contributed by atoms with van der Waals surface area (Å²) in [5, 5.41) is 7.16. The Kier molecular flexibility index (Phi) is 5.61. The second-order valence-corrected chi connectivity index (χ2v) is 7.62. The molecule has 1 fully saturated rings. The Bertz CT molecular complexity index is 1080. The Hall–Kier alpha value is -3.48. The predicted molar refractivity (Wildman–Crippen MR) is 118 cm³/mol. The van der Waals surface area contributed by atoms with E-state index in [2.05, 4.69) is 26.7 Å². The van der Waals surface area contributed by atoms with Crippen LogP contribution in [0.2, 0.25) is 0 Å². The number of amides is 2. The van der Waals surface area contributed by atoms with E-state index in [9.17, 15) is 9.59 Å². The van der Waals surface area contributed by atoms with E-state index in [1.807, 2.05) is 30.2 Å². The number of anilines is 2. The third kappa shape index (κ3) is 4.40. The van der Waals surface area contributed by atoms with Crippen molar-refractivity contribution in [3.05, 3.63) is 59.8 Å². The predicted octanol–water partition coefficient (Wildman–Crippen LogP) is 3.61. The summed E-state index contributed by atoms with van der Waals surface area (Å²) in [6, 6.07) is 13.2. The molecule has 1 unspecified atom stereocenters. The zero-order valence-electron chi connectivity index (χ0n) is 17.2. The molecule has 7 heteroatoms. The number of hydrogen-bond donors (Lipinski definition) is 2. The van der Waals surface area contributed by atoms with Gasteiger partial charge < -0.3 is 15.5 Å². The van der Waals surface area contributed by atoms with Gasteiger partial charge in [-0.15, -0.1) is 0 Å². The molecule has 2 aromatic carbocycles. The van der Waals surface area contributed by atoms with Crippen molar-refractivity contribution in [3.8, 4) is 0 Å². The molecule has 1 atom stereocenters. The number of rotatable bonds is 5. The van der Waals surface area contributed by atoms with Gasteiger partial charge in [-0.2, -0.15) is 0 Å². The molecule has 0 radical (unpaired) electrons. The van der Waals surface area contributed by atoms with Crippen LogP contribution in [0.1, 0.15) is 35.7 Å². The molecule has 2 heterocycles. The minimum absolute atomic E-state index is 0.0115. The van der Waals surface area contributed by atoms with E-state index in [1.165, 1.54) is 5.56 Å². The first-order chi connectivity index (χ1) is 14.5. The third-order valence-corrected chi connectivity index (χ3v) is 5.28. The van der Waals surface area contributed by atoms with Crippen molar-refractivity contribution in [1.82, 2.24) is 14.9 Å². The first-order valence-electron chi connectivity index (χ1n) is 10.2. The van der Waals surface area contributed by atoms with E-state index in [-0.39, 0.29) is 17.9 Å². The fourth-order valence-corrected chi connectivity index (χ4v) is 3.60. The van der Waals surface area contributed by atoms with E-state index in [4.69, 9.17) is 0 Å². The summed E-state index contributed by atoms with van der Waals surface area (Å²) in [4.78, 5) is 35.1. The molecule has 4 rings (SSSR count). The van der Waals surface area contributed by atoms with Gasteiger partial charge in [0.05, 0.1) is 5.52 Å². The van der Waals surface area contributed by atoms with Gasteiger partial charge in [-0.05, 0) is 49.7 Å². The van der Waals surface area contributed by atoms with Crippen molar-refractivity contribution in [2.24, 2.45) is 0 Å². The Morgan fingerprint density at radius 2 is 1.97 bits per heavy atom. The first kappa shape index (κ1) is 19.8. The zero-order chi connectivity index (χ0) is 21.1. The van der Waals surface area contributed by atoms with E-state index in [0.717, 1.165) is 17.3 Å². The third-order valence-electron chi connectivity index (χ3n) is 5.28. The average Bonchev–Trinajstić information content (AvgIpc) is 3.22. The van der Waals surface area contributed by atoms with Gasteiger partial charge in [-0.1, -0.05) is 18.6 Å². The maximum Gasteiger partial charge on any atom is 0.253 e. The zero-order valence-corrected chi connectivity index (χ0v) is 17.2. The second kappa shape index (κ2) is 8.49. The van der Waals surface area contributed by atoms with Gasteiger partial charge in [-0.25, -0.2) is 9.97 Å². The van der Waals surface area contributed by atoms with Gasteiger partial charge in [0.1, 0.15) is 0 Å². The van der Waals surface area contributed by atoms with Crippen LogP contribution in [0.5, 0.6) is 0 Å². The summed E-state index contributed by atoms with van der Waals surface area (Å²) in [6.45, 7) is 5.12. The smallest absolute Gasteiger partial charge is 0.253 e. The summed E-state index contributed by atoms with van der Waals surface area (Å²) in [6.07, 6.45) is 3.09. The van der Waals surface area contributed by atoms with Gasteiger partial charge in [-0.3, -0.25) is 9.59 Å². The van der Waals surface area contributed by atoms with Crippen LogP contribution in [0.3, 0.4) is 0 Å². The molecule has 0 saturated carbocycles. The number of fused-ring (bicyclic) bond motifs is 1.